The molecule has 1 amide bonds. The van der Waals surface area contributed by atoms with Gasteiger partial charge in [-0.25, -0.2) is 4.39 Å². The van der Waals surface area contributed by atoms with Crippen LogP contribution in [0, 0.1) is 12.7 Å². The molecular formula is C18H18FNO2. The maximum atomic E-state index is 13.1. The first-order valence-corrected chi connectivity index (χ1v) is 7.34. The molecule has 2 aromatic carbocycles. The van der Waals surface area contributed by atoms with E-state index in [0.717, 1.165) is 11.1 Å². The van der Waals surface area contributed by atoms with Crippen LogP contribution in [-0.4, -0.2) is 30.0 Å². The Hall–Kier alpha value is -2.20. The Labute approximate surface area is 129 Å². The van der Waals surface area contributed by atoms with Crippen molar-refractivity contribution in [3.05, 3.63) is 71.0 Å². The summed E-state index contributed by atoms with van der Waals surface area (Å²) in [5.74, 6) is -0.222. The van der Waals surface area contributed by atoms with Gasteiger partial charge < -0.3 is 9.64 Å². The molecule has 0 aromatic heterocycles. The van der Waals surface area contributed by atoms with Crippen molar-refractivity contribution < 1.29 is 13.9 Å². The fourth-order valence-corrected chi connectivity index (χ4v) is 2.51. The Morgan fingerprint density at radius 2 is 2.00 bits per heavy atom. The van der Waals surface area contributed by atoms with Crippen molar-refractivity contribution in [3.8, 4) is 0 Å². The van der Waals surface area contributed by atoms with Gasteiger partial charge in [0.25, 0.3) is 5.91 Å². The second-order valence-corrected chi connectivity index (χ2v) is 5.64. The van der Waals surface area contributed by atoms with Crippen LogP contribution in [-0.2, 0) is 11.3 Å². The summed E-state index contributed by atoms with van der Waals surface area (Å²) >= 11 is 0. The minimum atomic E-state index is -0.258. The smallest absolute Gasteiger partial charge is 0.254 e. The fourth-order valence-electron chi connectivity index (χ4n) is 2.51. The molecule has 0 saturated carbocycles. The topological polar surface area (TPSA) is 29.5 Å². The Kier molecular flexibility index (Phi) is 4.20. The summed E-state index contributed by atoms with van der Waals surface area (Å²) < 4.78 is 18.8. The van der Waals surface area contributed by atoms with E-state index in [2.05, 4.69) is 0 Å². The summed E-state index contributed by atoms with van der Waals surface area (Å²) in [5.41, 5.74) is 2.59. The number of hydrogen-bond donors (Lipinski definition) is 0. The molecule has 2 aromatic rings. The van der Waals surface area contributed by atoms with Crippen LogP contribution in [0.1, 0.15) is 21.5 Å². The normalized spacial score (nSPS) is 14.7. The molecule has 1 aliphatic rings. The van der Waals surface area contributed by atoms with E-state index in [1.165, 1.54) is 12.1 Å². The number of likely N-dealkylation sites (tertiary alicyclic amines) is 1. The van der Waals surface area contributed by atoms with Crippen LogP contribution < -0.4 is 0 Å². The van der Waals surface area contributed by atoms with Crippen LogP contribution >= 0.6 is 0 Å². The molecule has 0 atom stereocenters. The first-order valence-electron chi connectivity index (χ1n) is 7.34. The first kappa shape index (κ1) is 14.7. The molecule has 114 valence electrons. The van der Waals surface area contributed by atoms with Crippen molar-refractivity contribution in [2.75, 3.05) is 13.1 Å². The second kappa shape index (κ2) is 6.28. The molecule has 0 spiro atoms. The molecule has 0 unspecified atom stereocenters. The van der Waals surface area contributed by atoms with Crippen LogP contribution in [0.25, 0.3) is 0 Å². The summed E-state index contributed by atoms with van der Waals surface area (Å²) in [6.07, 6.45) is 0.0250. The van der Waals surface area contributed by atoms with Crippen LogP contribution in [0.4, 0.5) is 4.39 Å². The van der Waals surface area contributed by atoms with Crippen LogP contribution in [0.5, 0.6) is 0 Å². The minimum Gasteiger partial charge on any atom is -0.370 e. The van der Waals surface area contributed by atoms with E-state index in [0.29, 0.717) is 25.3 Å². The molecular weight excluding hydrogens is 281 g/mol. The number of hydrogen-bond acceptors (Lipinski definition) is 2. The molecule has 4 heteroatoms. The molecule has 1 saturated heterocycles. The zero-order valence-electron chi connectivity index (χ0n) is 12.5. The molecule has 22 heavy (non-hydrogen) atoms. The van der Waals surface area contributed by atoms with Gasteiger partial charge in [0.05, 0.1) is 12.7 Å². The molecule has 0 N–H and O–H groups in total. The van der Waals surface area contributed by atoms with Crippen molar-refractivity contribution in [2.45, 2.75) is 19.6 Å². The van der Waals surface area contributed by atoms with E-state index in [4.69, 9.17) is 4.74 Å². The fraction of sp³-hybridized carbons (Fsp3) is 0.278. The van der Waals surface area contributed by atoms with E-state index in [1.54, 1.807) is 11.0 Å². The number of carbonyl (C=O) groups is 1. The summed E-state index contributed by atoms with van der Waals surface area (Å²) in [7, 11) is 0. The third-order valence-corrected chi connectivity index (χ3v) is 3.78. The zero-order valence-corrected chi connectivity index (χ0v) is 12.5. The van der Waals surface area contributed by atoms with Gasteiger partial charge in [-0.05, 0) is 36.8 Å². The number of rotatable bonds is 4. The lowest BCUT2D eigenvalue weighted by atomic mass is 10.1. The molecule has 1 fully saturated rings. The van der Waals surface area contributed by atoms with Crippen LogP contribution in [0.3, 0.4) is 0 Å². The Balaban J connectivity index is 1.49. The quantitative estimate of drug-likeness (QED) is 0.868. The number of ether oxygens (including phenoxy) is 1. The molecule has 3 rings (SSSR count). The highest BCUT2D eigenvalue weighted by Crippen LogP contribution is 2.18. The van der Waals surface area contributed by atoms with Gasteiger partial charge in [0.1, 0.15) is 5.82 Å². The highest BCUT2D eigenvalue weighted by Gasteiger charge is 2.31. The van der Waals surface area contributed by atoms with Gasteiger partial charge in [-0.15, -0.1) is 0 Å². The van der Waals surface area contributed by atoms with E-state index in [1.807, 2.05) is 37.3 Å². The molecule has 3 nitrogen and oxygen atoms in total. The average Bonchev–Trinajstić information content (AvgIpc) is 2.45. The predicted octanol–water partition coefficient (Wildman–Crippen LogP) is 3.18. The van der Waals surface area contributed by atoms with Gasteiger partial charge in [0, 0.05) is 18.7 Å². The zero-order chi connectivity index (χ0) is 15.5. The predicted molar refractivity (Wildman–Crippen MR) is 82.1 cm³/mol. The van der Waals surface area contributed by atoms with Gasteiger partial charge in [0.15, 0.2) is 0 Å². The minimum absolute atomic E-state index is 0.0250. The molecule has 0 bridgehead atoms. The molecule has 0 aliphatic carbocycles. The lowest BCUT2D eigenvalue weighted by Gasteiger charge is -2.39. The van der Waals surface area contributed by atoms with Gasteiger partial charge >= 0.3 is 0 Å². The largest absolute Gasteiger partial charge is 0.370 e. The maximum Gasteiger partial charge on any atom is 0.254 e. The average molecular weight is 299 g/mol. The van der Waals surface area contributed by atoms with Gasteiger partial charge in [0.2, 0.25) is 0 Å². The number of nitrogens with zero attached hydrogens (tertiary/aromatic N) is 1. The monoisotopic (exact) mass is 299 g/mol. The lowest BCUT2D eigenvalue weighted by molar-refractivity contribution is -0.0503. The summed E-state index contributed by atoms with van der Waals surface area (Å²) in [5, 5.41) is 0. The number of carbonyl (C=O) groups excluding carboxylic acids is 1. The molecule has 1 heterocycles. The summed E-state index contributed by atoms with van der Waals surface area (Å²) in [4.78, 5) is 14.0. The highest BCUT2D eigenvalue weighted by molar-refractivity contribution is 5.94. The van der Waals surface area contributed by atoms with Crippen molar-refractivity contribution in [1.82, 2.24) is 4.90 Å². The maximum absolute atomic E-state index is 13.1. The van der Waals surface area contributed by atoms with E-state index in [-0.39, 0.29) is 17.8 Å². The Morgan fingerprint density at radius 3 is 2.73 bits per heavy atom. The first-order chi connectivity index (χ1) is 10.6. The molecule has 1 aliphatic heterocycles. The molecule has 0 radical (unpaired) electrons. The SMILES string of the molecule is Cc1cccc(C(=O)N2CC(OCc3cccc(F)c3)C2)c1. The number of amides is 1. The van der Waals surface area contributed by atoms with E-state index >= 15 is 0 Å². The standard InChI is InChI=1S/C18H18FNO2/c1-13-4-2-6-15(8-13)18(21)20-10-17(11-20)22-12-14-5-3-7-16(19)9-14/h2-9,17H,10-12H2,1H3. The van der Waals surface area contributed by atoms with Crippen molar-refractivity contribution in [3.63, 3.8) is 0 Å². The van der Waals surface area contributed by atoms with Gasteiger partial charge in [-0.1, -0.05) is 29.8 Å². The third kappa shape index (κ3) is 3.34. The summed E-state index contributed by atoms with van der Waals surface area (Å²) in [6.45, 7) is 3.51. The number of halogens is 1. The van der Waals surface area contributed by atoms with E-state index in [9.17, 15) is 9.18 Å². The highest BCUT2D eigenvalue weighted by atomic mass is 19.1. The van der Waals surface area contributed by atoms with Gasteiger partial charge in [-0.3, -0.25) is 4.79 Å². The lowest BCUT2D eigenvalue weighted by Crippen LogP contribution is -2.54. The third-order valence-electron chi connectivity index (χ3n) is 3.78. The van der Waals surface area contributed by atoms with Gasteiger partial charge in [-0.2, -0.15) is 0 Å². The summed E-state index contributed by atoms with van der Waals surface area (Å²) in [6, 6.07) is 14.0. The van der Waals surface area contributed by atoms with Crippen molar-refractivity contribution >= 4 is 5.91 Å². The van der Waals surface area contributed by atoms with E-state index < -0.39 is 0 Å². The number of benzene rings is 2. The van der Waals surface area contributed by atoms with Crippen LogP contribution in [0.15, 0.2) is 48.5 Å². The Bertz CT molecular complexity index is 680. The van der Waals surface area contributed by atoms with Crippen LogP contribution in [0.2, 0.25) is 0 Å². The second-order valence-electron chi connectivity index (χ2n) is 5.64. The number of aryl methyl sites for hydroxylation is 1. The van der Waals surface area contributed by atoms with Crippen molar-refractivity contribution in [1.29, 1.82) is 0 Å². The Morgan fingerprint density at radius 1 is 1.23 bits per heavy atom. The van der Waals surface area contributed by atoms with Crippen molar-refractivity contribution in [2.24, 2.45) is 0 Å².